The Morgan fingerprint density at radius 3 is 2.76 bits per heavy atom. The van der Waals surface area contributed by atoms with E-state index in [1.165, 1.54) is 12.6 Å². The van der Waals surface area contributed by atoms with Gasteiger partial charge in [-0.1, -0.05) is 13.8 Å². The number of nitrogens with zero attached hydrogens (tertiary/aromatic N) is 1. The topological polar surface area (TPSA) is 65.2 Å². The molecule has 1 aromatic rings. The predicted molar refractivity (Wildman–Crippen MR) is 83.4 cm³/mol. The van der Waals surface area contributed by atoms with Gasteiger partial charge in [-0.15, -0.1) is 0 Å². The smallest absolute Gasteiger partial charge is 0.260 e. The van der Waals surface area contributed by atoms with Gasteiger partial charge in [0.25, 0.3) is 11.5 Å². The van der Waals surface area contributed by atoms with Crippen LogP contribution in [0.2, 0.25) is 0 Å². The zero-order valence-corrected chi connectivity index (χ0v) is 12.9. The Labute approximate surface area is 125 Å². The van der Waals surface area contributed by atoms with E-state index in [4.69, 9.17) is 0 Å². The van der Waals surface area contributed by atoms with Crippen LogP contribution in [0.15, 0.2) is 23.1 Å². The van der Waals surface area contributed by atoms with Gasteiger partial charge in [0, 0.05) is 25.8 Å². The van der Waals surface area contributed by atoms with Crippen LogP contribution in [-0.2, 0) is 0 Å². The Morgan fingerprint density at radius 1 is 1.38 bits per heavy atom. The van der Waals surface area contributed by atoms with Crippen molar-refractivity contribution in [2.24, 2.45) is 11.8 Å². The number of hydrogen-bond donors (Lipinski definition) is 2. The van der Waals surface area contributed by atoms with Gasteiger partial charge >= 0.3 is 0 Å². The van der Waals surface area contributed by atoms with E-state index in [1.807, 2.05) is 0 Å². The molecule has 1 aromatic heterocycles. The molecule has 116 valence electrons. The number of hydrogen-bond acceptors (Lipinski definition) is 3. The maximum atomic E-state index is 11.9. The lowest BCUT2D eigenvalue weighted by Gasteiger charge is -2.34. The molecule has 2 heterocycles. The van der Waals surface area contributed by atoms with Crippen LogP contribution in [0, 0.1) is 11.8 Å². The highest BCUT2D eigenvalue weighted by Gasteiger charge is 2.21. The molecule has 0 saturated carbocycles. The van der Waals surface area contributed by atoms with Gasteiger partial charge in [-0.05, 0) is 43.4 Å². The number of piperidine rings is 1. The van der Waals surface area contributed by atoms with Crippen LogP contribution < -0.4 is 10.9 Å². The third-order valence-corrected chi connectivity index (χ3v) is 3.94. The second kappa shape index (κ2) is 7.41. The lowest BCUT2D eigenvalue weighted by Crippen LogP contribution is -2.40. The molecule has 0 aromatic carbocycles. The van der Waals surface area contributed by atoms with Crippen LogP contribution in [0.3, 0.4) is 0 Å². The van der Waals surface area contributed by atoms with Crippen LogP contribution in [0.5, 0.6) is 0 Å². The van der Waals surface area contributed by atoms with E-state index in [0.29, 0.717) is 6.54 Å². The van der Waals surface area contributed by atoms with Crippen molar-refractivity contribution in [1.29, 1.82) is 0 Å². The van der Waals surface area contributed by atoms with Gasteiger partial charge in [-0.3, -0.25) is 9.59 Å². The third kappa shape index (κ3) is 4.70. The first-order valence-electron chi connectivity index (χ1n) is 7.74. The molecule has 1 fully saturated rings. The summed E-state index contributed by atoms with van der Waals surface area (Å²) in [4.78, 5) is 28.3. The van der Waals surface area contributed by atoms with E-state index < -0.39 is 0 Å². The summed E-state index contributed by atoms with van der Waals surface area (Å²) in [5.74, 6) is 1.22. The molecule has 21 heavy (non-hydrogen) atoms. The van der Waals surface area contributed by atoms with Crippen molar-refractivity contribution >= 4 is 5.91 Å². The number of aromatic nitrogens is 1. The lowest BCUT2D eigenvalue weighted by molar-refractivity contribution is 0.0946. The molecule has 1 amide bonds. The number of aromatic amines is 1. The quantitative estimate of drug-likeness (QED) is 0.808. The summed E-state index contributed by atoms with van der Waals surface area (Å²) < 4.78 is 0. The fourth-order valence-electron chi connectivity index (χ4n) is 3.17. The number of nitrogens with one attached hydrogen (secondary N) is 2. The fourth-order valence-corrected chi connectivity index (χ4v) is 3.17. The first kappa shape index (κ1) is 15.8. The van der Waals surface area contributed by atoms with Crippen molar-refractivity contribution in [3.63, 3.8) is 0 Å². The minimum absolute atomic E-state index is 0.178. The summed E-state index contributed by atoms with van der Waals surface area (Å²) in [6.07, 6.45) is 3.75. The average Bonchev–Trinajstić information content (AvgIpc) is 2.43. The van der Waals surface area contributed by atoms with Crippen LogP contribution in [0.25, 0.3) is 0 Å². The standard InChI is InChI=1S/C16H25N3O2/c1-12-9-13(2)11-19(10-12)8-4-7-18-16(21)14-5-3-6-17-15(14)20/h3,5-6,12-13H,4,7-11H2,1-2H3,(H,17,20)(H,18,21). The third-order valence-electron chi connectivity index (χ3n) is 3.94. The minimum Gasteiger partial charge on any atom is -0.352 e. The SMILES string of the molecule is CC1CC(C)CN(CCCNC(=O)c2ccc[nH]c2=O)C1. The van der Waals surface area contributed by atoms with Crippen LogP contribution in [-0.4, -0.2) is 42.0 Å². The summed E-state index contributed by atoms with van der Waals surface area (Å²) in [7, 11) is 0. The van der Waals surface area contributed by atoms with E-state index in [-0.39, 0.29) is 17.0 Å². The molecule has 0 radical (unpaired) electrons. The second-order valence-electron chi connectivity index (χ2n) is 6.23. The van der Waals surface area contributed by atoms with Gasteiger partial charge in [-0.2, -0.15) is 0 Å². The fraction of sp³-hybridized carbons (Fsp3) is 0.625. The van der Waals surface area contributed by atoms with Crippen molar-refractivity contribution in [2.75, 3.05) is 26.2 Å². The summed E-state index contributed by atoms with van der Waals surface area (Å²) in [6, 6.07) is 3.20. The number of carbonyl (C=O) groups is 1. The number of pyridine rings is 1. The molecule has 5 nitrogen and oxygen atoms in total. The normalized spacial score (nSPS) is 23.0. The Hall–Kier alpha value is -1.62. The monoisotopic (exact) mass is 291 g/mol. The zero-order valence-electron chi connectivity index (χ0n) is 12.9. The molecule has 5 heteroatoms. The Kier molecular flexibility index (Phi) is 5.56. The molecule has 2 N–H and O–H groups in total. The molecule has 2 atom stereocenters. The van der Waals surface area contributed by atoms with Gasteiger partial charge in [0.2, 0.25) is 0 Å². The van der Waals surface area contributed by atoms with Gasteiger partial charge in [0.15, 0.2) is 0 Å². The molecular formula is C16H25N3O2. The maximum absolute atomic E-state index is 11.9. The Morgan fingerprint density at radius 2 is 2.10 bits per heavy atom. The molecule has 2 unspecified atom stereocenters. The number of rotatable bonds is 5. The van der Waals surface area contributed by atoms with Crippen molar-refractivity contribution < 1.29 is 4.79 Å². The van der Waals surface area contributed by atoms with Gasteiger partial charge in [0.1, 0.15) is 5.56 Å². The number of amides is 1. The van der Waals surface area contributed by atoms with E-state index in [9.17, 15) is 9.59 Å². The van der Waals surface area contributed by atoms with E-state index in [1.54, 1.807) is 12.1 Å². The highest BCUT2D eigenvalue weighted by molar-refractivity contribution is 5.93. The van der Waals surface area contributed by atoms with Gasteiger partial charge in [0.05, 0.1) is 0 Å². The second-order valence-corrected chi connectivity index (χ2v) is 6.23. The molecule has 0 bridgehead atoms. The molecule has 1 aliphatic rings. The summed E-state index contributed by atoms with van der Waals surface area (Å²) >= 11 is 0. The Bertz CT molecular complexity index is 516. The van der Waals surface area contributed by atoms with Crippen molar-refractivity contribution in [3.05, 3.63) is 34.2 Å². The molecular weight excluding hydrogens is 266 g/mol. The highest BCUT2D eigenvalue weighted by atomic mass is 16.2. The van der Waals surface area contributed by atoms with Crippen molar-refractivity contribution in [2.45, 2.75) is 26.7 Å². The molecule has 1 aliphatic heterocycles. The predicted octanol–water partition coefficient (Wildman–Crippen LogP) is 1.47. The maximum Gasteiger partial charge on any atom is 0.260 e. The summed E-state index contributed by atoms with van der Waals surface area (Å²) in [5, 5.41) is 2.82. The highest BCUT2D eigenvalue weighted by Crippen LogP contribution is 2.20. The minimum atomic E-state index is -0.339. The van der Waals surface area contributed by atoms with Crippen LogP contribution >= 0.6 is 0 Å². The van der Waals surface area contributed by atoms with Crippen LogP contribution in [0.4, 0.5) is 0 Å². The molecule has 2 rings (SSSR count). The zero-order chi connectivity index (χ0) is 15.2. The number of H-pyrrole nitrogens is 1. The first-order valence-corrected chi connectivity index (χ1v) is 7.74. The first-order chi connectivity index (χ1) is 10.1. The van der Waals surface area contributed by atoms with Gasteiger partial charge < -0.3 is 15.2 Å². The van der Waals surface area contributed by atoms with E-state index >= 15 is 0 Å². The summed E-state index contributed by atoms with van der Waals surface area (Å²) in [5.41, 5.74) is -0.161. The van der Waals surface area contributed by atoms with Crippen LogP contribution in [0.1, 0.15) is 37.0 Å². The summed E-state index contributed by atoms with van der Waals surface area (Å²) in [6.45, 7) is 8.50. The average molecular weight is 291 g/mol. The van der Waals surface area contributed by atoms with E-state index in [2.05, 4.69) is 29.0 Å². The van der Waals surface area contributed by atoms with E-state index in [0.717, 1.165) is 37.9 Å². The van der Waals surface area contributed by atoms with Gasteiger partial charge in [-0.25, -0.2) is 0 Å². The number of likely N-dealkylation sites (tertiary alicyclic amines) is 1. The number of carbonyl (C=O) groups excluding carboxylic acids is 1. The molecule has 0 spiro atoms. The lowest BCUT2D eigenvalue weighted by atomic mass is 9.92. The van der Waals surface area contributed by atoms with Crippen molar-refractivity contribution in [1.82, 2.24) is 15.2 Å². The molecule has 0 aliphatic carbocycles. The molecule has 1 saturated heterocycles. The Balaban J connectivity index is 1.71. The van der Waals surface area contributed by atoms with Crippen molar-refractivity contribution in [3.8, 4) is 0 Å². The largest absolute Gasteiger partial charge is 0.352 e.